The number of hydrogen-bond acceptors (Lipinski definition) is 8. The predicted molar refractivity (Wildman–Crippen MR) is 154 cm³/mol. The minimum atomic E-state index is -2.70. The zero-order valence-corrected chi connectivity index (χ0v) is 24.0. The van der Waals surface area contributed by atoms with Crippen LogP contribution in [0.25, 0.3) is 11.0 Å². The minimum absolute atomic E-state index is 0.00765. The van der Waals surface area contributed by atoms with E-state index < -0.39 is 17.0 Å². The highest BCUT2D eigenvalue weighted by Crippen LogP contribution is 2.32. The number of ether oxygens (including phenoxy) is 1. The number of anilines is 3. The molecule has 1 aromatic carbocycles. The van der Waals surface area contributed by atoms with Crippen LogP contribution in [-0.4, -0.2) is 64.3 Å². The fourth-order valence-corrected chi connectivity index (χ4v) is 5.01. The zero-order chi connectivity index (χ0) is 29.7. The molecule has 2 aliphatic rings. The Balaban J connectivity index is 0.00000189. The van der Waals surface area contributed by atoms with Gasteiger partial charge >= 0.3 is 11.1 Å². The molecule has 2 fully saturated rings. The molecule has 1 unspecified atom stereocenters. The third-order valence-electron chi connectivity index (χ3n) is 7.06. The number of carbonyl (C=O) groups is 1. The van der Waals surface area contributed by atoms with Gasteiger partial charge in [0.25, 0.3) is 5.92 Å². The van der Waals surface area contributed by atoms with Gasteiger partial charge in [0.05, 0.1) is 29.9 Å². The zero-order valence-electron chi connectivity index (χ0n) is 23.3. The van der Waals surface area contributed by atoms with Crippen molar-refractivity contribution in [3.63, 3.8) is 0 Å². The highest BCUT2D eigenvalue weighted by molar-refractivity contribution is 6.32. The quantitative estimate of drug-likeness (QED) is 0.398. The van der Waals surface area contributed by atoms with Gasteiger partial charge in [-0.1, -0.05) is 25.4 Å². The first-order valence-electron chi connectivity index (χ1n) is 13.7. The van der Waals surface area contributed by atoms with E-state index in [9.17, 15) is 23.2 Å². The van der Waals surface area contributed by atoms with Gasteiger partial charge in [-0.05, 0) is 24.6 Å². The first kappa shape index (κ1) is 30.4. The van der Waals surface area contributed by atoms with E-state index in [0.717, 1.165) is 0 Å². The molecular weight excluding hydrogens is 560 g/mol. The smallest absolute Gasteiger partial charge is 0.317 e. The number of rotatable bonds is 7. The van der Waals surface area contributed by atoms with E-state index in [1.807, 2.05) is 13.8 Å². The number of fused-ring (bicyclic) bond motifs is 1. The summed E-state index contributed by atoms with van der Waals surface area (Å²) in [7, 11) is 1.50. The van der Waals surface area contributed by atoms with E-state index in [-0.39, 0.29) is 67.6 Å². The molecule has 4 heterocycles. The summed E-state index contributed by atoms with van der Waals surface area (Å²) in [5, 5.41) is 5.86. The van der Waals surface area contributed by atoms with E-state index in [0.29, 0.717) is 36.4 Å². The molecule has 1 amide bonds. The van der Waals surface area contributed by atoms with Crippen molar-refractivity contribution in [2.45, 2.75) is 58.0 Å². The summed E-state index contributed by atoms with van der Waals surface area (Å²) >= 11 is 6.35. The number of nitrogens with one attached hydrogen (secondary N) is 2. The second kappa shape index (κ2) is 12.9. The van der Waals surface area contributed by atoms with Crippen LogP contribution in [0, 0.1) is 0 Å². The number of piperidine rings is 1. The Bertz CT molecular complexity index is 1510. The molecule has 2 aromatic heterocycles. The maximum Gasteiger partial charge on any atom is 0.317 e. The van der Waals surface area contributed by atoms with Crippen molar-refractivity contribution in [3.8, 4) is 0 Å². The van der Waals surface area contributed by atoms with Crippen LogP contribution in [0.5, 0.6) is 0 Å². The summed E-state index contributed by atoms with van der Waals surface area (Å²) in [4.78, 5) is 48.6. The van der Waals surface area contributed by atoms with Crippen LogP contribution in [0.15, 0.2) is 34.0 Å². The Labute approximate surface area is 240 Å². The van der Waals surface area contributed by atoms with Gasteiger partial charge in [-0.15, -0.1) is 0 Å². The normalized spacial score (nSPS) is 18.1. The summed E-state index contributed by atoms with van der Waals surface area (Å²) in [5.74, 6) is -2.44. The van der Waals surface area contributed by atoms with Crippen LogP contribution < -0.4 is 26.7 Å². The first-order chi connectivity index (χ1) is 19.7. The molecule has 0 saturated carbocycles. The number of carbonyl (C=O) groups excluding carboxylic acids is 1. The first-order valence-corrected chi connectivity index (χ1v) is 14.0. The Hall–Kier alpha value is -3.58. The number of halogens is 3. The van der Waals surface area contributed by atoms with Crippen molar-refractivity contribution in [2.24, 2.45) is 0 Å². The molecule has 0 spiro atoms. The van der Waals surface area contributed by atoms with Gasteiger partial charge in [0.1, 0.15) is 5.02 Å². The molecule has 222 valence electrons. The number of alkyl halides is 2. The molecule has 0 aliphatic carbocycles. The summed E-state index contributed by atoms with van der Waals surface area (Å²) in [5.41, 5.74) is 0.0800. The monoisotopic (exact) mass is 593 g/mol. The number of aromatic nitrogens is 4. The second-order valence-corrected chi connectivity index (χ2v) is 10.0. The topological polar surface area (TPSA) is 123 Å². The van der Waals surface area contributed by atoms with E-state index in [2.05, 4.69) is 20.6 Å². The molecule has 2 saturated heterocycles. The molecule has 5 rings (SSSR count). The van der Waals surface area contributed by atoms with E-state index in [4.69, 9.17) is 16.3 Å². The predicted octanol–water partition coefficient (Wildman–Crippen LogP) is 3.71. The SMILES string of the molecule is CC.CNC(=O)CCn1c(=O)c(=O)n(C2CCOC2)c2ccc(Nc3nc(N4CCC(F)(F)CC4)ncc3Cl)cc21. The number of benzene rings is 1. The highest BCUT2D eigenvalue weighted by Gasteiger charge is 2.35. The van der Waals surface area contributed by atoms with Gasteiger partial charge in [-0.3, -0.25) is 19.0 Å². The molecule has 0 bridgehead atoms. The number of hydrogen-bond donors (Lipinski definition) is 2. The summed E-state index contributed by atoms with van der Waals surface area (Å²) in [6, 6.07) is 4.85. The van der Waals surface area contributed by atoms with Crippen LogP contribution in [0.4, 0.5) is 26.2 Å². The number of amides is 1. The largest absolute Gasteiger partial charge is 0.379 e. The van der Waals surface area contributed by atoms with Crippen LogP contribution in [-0.2, 0) is 16.1 Å². The van der Waals surface area contributed by atoms with Crippen molar-refractivity contribution in [2.75, 3.05) is 43.6 Å². The third kappa shape index (κ3) is 6.67. The van der Waals surface area contributed by atoms with Crippen molar-refractivity contribution in [1.29, 1.82) is 0 Å². The van der Waals surface area contributed by atoms with Crippen LogP contribution in [0.1, 0.15) is 45.6 Å². The van der Waals surface area contributed by atoms with Crippen molar-refractivity contribution in [1.82, 2.24) is 24.4 Å². The minimum Gasteiger partial charge on any atom is -0.379 e. The van der Waals surface area contributed by atoms with E-state index in [1.54, 1.807) is 23.1 Å². The maximum atomic E-state index is 13.6. The van der Waals surface area contributed by atoms with Crippen molar-refractivity contribution in [3.05, 3.63) is 50.1 Å². The lowest BCUT2D eigenvalue weighted by Gasteiger charge is -2.31. The standard InChI is InChI=1S/C25H28ClF2N7O4.C2H6/c1-29-20(36)4-8-34-19-12-15(2-3-18(19)35(23(38)22(34)37)16-5-11-39-14-16)31-21-17(26)13-30-24(32-21)33-9-6-25(27,28)7-10-33;1-2/h2-3,12-13,16H,4-11,14H2,1H3,(H,29,36)(H,30,31,32);1-2H3. The van der Waals surface area contributed by atoms with Gasteiger partial charge in [-0.25, -0.2) is 13.8 Å². The highest BCUT2D eigenvalue weighted by atomic mass is 35.5. The van der Waals surface area contributed by atoms with Gasteiger partial charge in [-0.2, -0.15) is 4.98 Å². The third-order valence-corrected chi connectivity index (χ3v) is 7.33. The van der Waals surface area contributed by atoms with Gasteiger partial charge in [0, 0.05) is 58.2 Å². The second-order valence-electron chi connectivity index (χ2n) is 9.61. The molecule has 1 atom stereocenters. The van der Waals surface area contributed by atoms with Crippen molar-refractivity contribution < 1.29 is 18.3 Å². The van der Waals surface area contributed by atoms with Gasteiger partial charge in [0.2, 0.25) is 11.9 Å². The lowest BCUT2D eigenvalue weighted by Crippen LogP contribution is -2.43. The molecule has 41 heavy (non-hydrogen) atoms. The average Bonchev–Trinajstić information content (AvgIpc) is 3.50. The lowest BCUT2D eigenvalue weighted by atomic mass is 10.1. The maximum absolute atomic E-state index is 13.6. The molecule has 11 nitrogen and oxygen atoms in total. The van der Waals surface area contributed by atoms with Gasteiger partial charge in [0.15, 0.2) is 5.82 Å². The van der Waals surface area contributed by atoms with Crippen molar-refractivity contribution >= 4 is 46.0 Å². The molecule has 0 radical (unpaired) electrons. The van der Waals surface area contributed by atoms with E-state index >= 15 is 0 Å². The van der Waals surface area contributed by atoms with Crippen LogP contribution in [0.2, 0.25) is 5.02 Å². The summed E-state index contributed by atoms with van der Waals surface area (Å²) in [6.45, 7) is 5.04. The Morgan fingerprint density at radius 3 is 2.56 bits per heavy atom. The Morgan fingerprint density at radius 2 is 1.90 bits per heavy atom. The number of aryl methyl sites for hydroxylation is 1. The summed E-state index contributed by atoms with van der Waals surface area (Å²) < 4.78 is 35.4. The van der Waals surface area contributed by atoms with Crippen LogP contribution >= 0.6 is 11.6 Å². The number of nitrogens with zero attached hydrogens (tertiary/aromatic N) is 5. The summed E-state index contributed by atoms with van der Waals surface area (Å²) in [6.07, 6.45) is 1.44. The Morgan fingerprint density at radius 1 is 1.17 bits per heavy atom. The molecular formula is C27H34ClF2N7O4. The van der Waals surface area contributed by atoms with E-state index in [1.165, 1.54) is 22.4 Å². The van der Waals surface area contributed by atoms with Gasteiger partial charge < -0.3 is 24.8 Å². The lowest BCUT2D eigenvalue weighted by molar-refractivity contribution is -0.120. The molecule has 2 N–H and O–H groups in total. The molecule has 3 aromatic rings. The fraction of sp³-hybridized carbons (Fsp3) is 0.519. The molecule has 2 aliphatic heterocycles. The molecule has 14 heteroatoms. The van der Waals surface area contributed by atoms with Crippen LogP contribution in [0.3, 0.4) is 0 Å². The Kier molecular flexibility index (Phi) is 9.59. The average molecular weight is 594 g/mol. The fourth-order valence-electron chi connectivity index (χ4n) is 4.88.